The average molecular weight is 254 g/mol. The van der Waals surface area contributed by atoms with Crippen molar-refractivity contribution in [3.05, 3.63) is 12.2 Å². The molecule has 0 aliphatic heterocycles. The first kappa shape index (κ1) is 17.3. The van der Waals surface area contributed by atoms with Crippen LogP contribution in [0.4, 0.5) is 0 Å². The molecule has 3 nitrogen and oxygen atoms in total. The third kappa shape index (κ3) is 6.31. The molecule has 0 aromatic carbocycles. The van der Waals surface area contributed by atoms with E-state index in [0.717, 1.165) is 18.8 Å². The molecule has 3 N–H and O–H groups in total. The van der Waals surface area contributed by atoms with Gasteiger partial charge in [0.05, 0.1) is 0 Å². The van der Waals surface area contributed by atoms with Crippen LogP contribution in [-0.2, 0) is 4.79 Å². The summed E-state index contributed by atoms with van der Waals surface area (Å²) in [6.45, 7) is 3.95. The van der Waals surface area contributed by atoms with Gasteiger partial charge in [-0.1, -0.05) is 19.1 Å². The maximum absolute atomic E-state index is 11.0. The summed E-state index contributed by atoms with van der Waals surface area (Å²) in [5, 5.41) is 3.45. The molecule has 1 aliphatic carbocycles. The maximum atomic E-state index is 11.0. The SMILES string of the molecule is CN.CN[C@H](C(C)CCC(C)=O)C1CC=CCC1. The second-order valence-electron chi connectivity index (χ2n) is 5.08. The van der Waals surface area contributed by atoms with Crippen molar-refractivity contribution in [3.8, 4) is 0 Å². The molecule has 0 saturated heterocycles. The molecule has 1 aliphatic rings. The number of allylic oxidation sites excluding steroid dienone is 2. The normalized spacial score (nSPS) is 21.7. The fourth-order valence-electron chi connectivity index (χ4n) is 2.74. The van der Waals surface area contributed by atoms with Gasteiger partial charge in [-0.25, -0.2) is 0 Å². The topological polar surface area (TPSA) is 55.1 Å². The van der Waals surface area contributed by atoms with Crippen LogP contribution in [0.1, 0.15) is 46.0 Å². The lowest BCUT2D eigenvalue weighted by Crippen LogP contribution is -2.39. The summed E-state index contributed by atoms with van der Waals surface area (Å²) < 4.78 is 0. The molecule has 0 radical (unpaired) electrons. The molecule has 0 amide bonds. The summed E-state index contributed by atoms with van der Waals surface area (Å²) in [7, 11) is 3.55. The monoisotopic (exact) mass is 254 g/mol. The van der Waals surface area contributed by atoms with Gasteiger partial charge in [-0.3, -0.25) is 0 Å². The molecule has 0 bridgehead atoms. The van der Waals surface area contributed by atoms with Crippen LogP contribution < -0.4 is 11.1 Å². The van der Waals surface area contributed by atoms with Crippen molar-refractivity contribution >= 4 is 5.78 Å². The van der Waals surface area contributed by atoms with Crippen LogP contribution in [0.5, 0.6) is 0 Å². The molecule has 1 rings (SSSR count). The minimum Gasteiger partial charge on any atom is -0.333 e. The number of carbonyl (C=O) groups is 1. The Morgan fingerprint density at radius 1 is 1.44 bits per heavy atom. The predicted molar refractivity (Wildman–Crippen MR) is 78.5 cm³/mol. The van der Waals surface area contributed by atoms with E-state index in [1.54, 1.807) is 6.92 Å². The lowest BCUT2D eigenvalue weighted by Gasteiger charge is -2.32. The summed E-state index contributed by atoms with van der Waals surface area (Å²) in [4.78, 5) is 11.0. The second-order valence-corrected chi connectivity index (χ2v) is 5.08. The Labute approximate surface area is 112 Å². The summed E-state index contributed by atoms with van der Waals surface area (Å²) >= 11 is 0. The van der Waals surface area contributed by atoms with Gasteiger partial charge < -0.3 is 15.8 Å². The second kappa shape index (κ2) is 10.3. The Balaban J connectivity index is 0.00000137. The van der Waals surface area contributed by atoms with E-state index in [-0.39, 0.29) is 0 Å². The van der Waals surface area contributed by atoms with Crippen molar-refractivity contribution in [2.75, 3.05) is 14.1 Å². The van der Waals surface area contributed by atoms with Gasteiger partial charge >= 0.3 is 0 Å². The molecular formula is C15H30N2O. The van der Waals surface area contributed by atoms with Crippen LogP contribution >= 0.6 is 0 Å². The number of nitrogens with two attached hydrogens (primary N) is 1. The highest BCUT2D eigenvalue weighted by Crippen LogP contribution is 2.27. The van der Waals surface area contributed by atoms with Crippen LogP contribution in [0.15, 0.2) is 12.2 Å². The van der Waals surface area contributed by atoms with Gasteiger partial charge in [-0.15, -0.1) is 0 Å². The number of Topliss-reactive ketones (excluding diaryl/α,β-unsaturated/α-hetero) is 1. The van der Waals surface area contributed by atoms with E-state index in [4.69, 9.17) is 0 Å². The highest BCUT2D eigenvalue weighted by molar-refractivity contribution is 5.75. The summed E-state index contributed by atoms with van der Waals surface area (Å²) in [5.74, 6) is 1.65. The maximum Gasteiger partial charge on any atom is 0.129 e. The molecule has 0 saturated carbocycles. The molecule has 106 valence electrons. The van der Waals surface area contributed by atoms with Gasteiger partial charge in [0.1, 0.15) is 5.78 Å². The van der Waals surface area contributed by atoms with E-state index in [9.17, 15) is 4.79 Å². The van der Waals surface area contributed by atoms with Crippen molar-refractivity contribution in [2.24, 2.45) is 17.6 Å². The van der Waals surface area contributed by atoms with Crippen molar-refractivity contribution in [1.82, 2.24) is 5.32 Å². The fraction of sp³-hybridized carbons (Fsp3) is 0.800. The van der Waals surface area contributed by atoms with E-state index in [0.29, 0.717) is 17.7 Å². The van der Waals surface area contributed by atoms with Crippen molar-refractivity contribution < 1.29 is 4.79 Å². The Morgan fingerprint density at radius 3 is 2.56 bits per heavy atom. The number of rotatable bonds is 6. The molecule has 0 heterocycles. The van der Waals surface area contributed by atoms with Gasteiger partial charge in [-0.05, 0) is 58.5 Å². The molecule has 0 aromatic rings. The smallest absolute Gasteiger partial charge is 0.129 e. The number of carbonyl (C=O) groups excluding carboxylic acids is 1. The van der Waals surface area contributed by atoms with Crippen LogP contribution in [0.2, 0.25) is 0 Å². The molecule has 3 atom stereocenters. The van der Waals surface area contributed by atoms with Gasteiger partial charge in [0, 0.05) is 12.5 Å². The van der Waals surface area contributed by atoms with Crippen molar-refractivity contribution in [3.63, 3.8) is 0 Å². The van der Waals surface area contributed by atoms with Gasteiger partial charge in [0.2, 0.25) is 0 Å². The zero-order chi connectivity index (χ0) is 14.0. The van der Waals surface area contributed by atoms with Crippen molar-refractivity contribution in [2.45, 2.75) is 52.0 Å². The number of ketones is 1. The van der Waals surface area contributed by atoms with E-state index in [1.165, 1.54) is 26.3 Å². The lowest BCUT2D eigenvalue weighted by molar-refractivity contribution is -0.117. The largest absolute Gasteiger partial charge is 0.333 e. The summed E-state index contributed by atoms with van der Waals surface area (Å²) in [5.41, 5.74) is 4.50. The van der Waals surface area contributed by atoms with Gasteiger partial charge in [0.15, 0.2) is 0 Å². The van der Waals surface area contributed by atoms with Gasteiger partial charge in [0.25, 0.3) is 0 Å². The summed E-state index contributed by atoms with van der Waals surface area (Å²) in [6.07, 6.45) is 10.0. The molecular weight excluding hydrogens is 224 g/mol. The first-order valence-electron chi connectivity index (χ1n) is 7.04. The minimum absolute atomic E-state index is 0.310. The lowest BCUT2D eigenvalue weighted by atomic mass is 9.80. The molecule has 0 fully saturated rings. The summed E-state index contributed by atoms with van der Waals surface area (Å²) in [6, 6.07) is 0.560. The number of hydrogen-bond donors (Lipinski definition) is 2. The van der Waals surface area contributed by atoms with E-state index in [1.807, 2.05) is 7.05 Å². The standard InChI is InChI=1S/C14H25NO.CH5N/c1-11(9-10-12(2)16)14(15-3)13-7-5-4-6-8-13;1-2/h4-5,11,13-15H,6-10H2,1-3H3;2H2,1H3/t11?,13?,14-;/m1./s1. The first-order chi connectivity index (χ1) is 8.65. The number of nitrogens with one attached hydrogen (secondary N) is 1. The molecule has 2 unspecified atom stereocenters. The quantitative estimate of drug-likeness (QED) is 0.716. The van der Waals surface area contributed by atoms with Crippen molar-refractivity contribution in [1.29, 1.82) is 0 Å². The zero-order valence-corrected chi connectivity index (χ0v) is 12.4. The Hall–Kier alpha value is -0.670. The predicted octanol–water partition coefficient (Wildman–Crippen LogP) is 2.51. The molecule has 0 aromatic heterocycles. The van der Waals surface area contributed by atoms with E-state index < -0.39 is 0 Å². The van der Waals surface area contributed by atoms with Crippen LogP contribution in [0.3, 0.4) is 0 Å². The molecule has 3 heteroatoms. The van der Waals surface area contributed by atoms with Crippen LogP contribution in [0, 0.1) is 11.8 Å². The van der Waals surface area contributed by atoms with E-state index >= 15 is 0 Å². The molecule has 0 spiro atoms. The third-order valence-corrected chi connectivity index (χ3v) is 3.72. The highest BCUT2D eigenvalue weighted by atomic mass is 16.1. The average Bonchev–Trinajstić information content (AvgIpc) is 2.41. The van der Waals surface area contributed by atoms with Crippen LogP contribution in [-0.4, -0.2) is 25.9 Å². The zero-order valence-electron chi connectivity index (χ0n) is 12.4. The van der Waals surface area contributed by atoms with Gasteiger partial charge in [-0.2, -0.15) is 0 Å². The highest BCUT2D eigenvalue weighted by Gasteiger charge is 2.25. The third-order valence-electron chi connectivity index (χ3n) is 3.72. The fourth-order valence-corrected chi connectivity index (χ4v) is 2.74. The van der Waals surface area contributed by atoms with E-state index in [2.05, 4.69) is 30.1 Å². The van der Waals surface area contributed by atoms with Crippen LogP contribution in [0.25, 0.3) is 0 Å². The Bertz CT molecular complexity index is 251. The Kier molecular flexibility index (Phi) is 9.89. The Morgan fingerprint density at radius 2 is 2.11 bits per heavy atom. The first-order valence-corrected chi connectivity index (χ1v) is 7.04. The minimum atomic E-state index is 0.310. The molecule has 18 heavy (non-hydrogen) atoms. The number of hydrogen-bond acceptors (Lipinski definition) is 3.